The van der Waals surface area contributed by atoms with Crippen molar-refractivity contribution in [2.75, 3.05) is 26.7 Å². The van der Waals surface area contributed by atoms with Crippen LogP contribution in [-0.2, 0) is 0 Å². The van der Waals surface area contributed by atoms with Gasteiger partial charge in [0.05, 0.1) is 0 Å². The Morgan fingerprint density at radius 3 is 2.29 bits per heavy atom. The predicted molar refractivity (Wildman–Crippen MR) is 76.4 cm³/mol. The van der Waals surface area contributed by atoms with Gasteiger partial charge < -0.3 is 10.2 Å². The summed E-state index contributed by atoms with van der Waals surface area (Å²) in [5.74, 6) is 1.02. The van der Waals surface area contributed by atoms with Gasteiger partial charge in [-0.2, -0.15) is 0 Å². The van der Waals surface area contributed by atoms with Crippen LogP contribution in [0.2, 0.25) is 0 Å². The Bertz CT molecular complexity index is 203. The van der Waals surface area contributed by atoms with Gasteiger partial charge in [-0.3, -0.25) is 0 Å². The van der Waals surface area contributed by atoms with E-state index in [0.29, 0.717) is 11.5 Å². The average molecular weight is 240 g/mol. The molecular formula is C15H32N2. The Hall–Kier alpha value is -0.0800. The van der Waals surface area contributed by atoms with E-state index in [9.17, 15) is 0 Å². The van der Waals surface area contributed by atoms with E-state index in [1.54, 1.807) is 0 Å². The molecule has 0 aliphatic heterocycles. The number of nitrogens with zero attached hydrogens (tertiary/aromatic N) is 1. The second-order valence-corrected chi connectivity index (χ2v) is 6.74. The summed E-state index contributed by atoms with van der Waals surface area (Å²) in [5.41, 5.74) is 0.367. The topological polar surface area (TPSA) is 15.3 Å². The van der Waals surface area contributed by atoms with E-state index in [4.69, 9.17) is 0 Å². The first-order valence-electron chi connectivity index (χ1n) is 7.37. The maximum atomic E-state index is 3.48. The number of hydrogen-bond acceptors (Lipinski definition) is 2. The fourth-order valence-electron chi connectivity index (χ4n) is 2.60. The van der Waals surface area contributed by atoms with Crippen molar-refractivity contribution in [3.8, 4) is 0 Å². The second kappa shape index (κ2) is 6.75. The Balaban J connectivity index is 2.32. The van der Waals surface area contributed by atoms with Crippen LogP contribution in [0.5, 0.6) is 0 Å². The van der Waals surface area contributed by atoms with Crippen molar-refractivity contribution in [3.63, 3.8) is 0 Å². The quantitative estimate of drug-likeness (QED) is 0.701. The highest BCUT2D eigenvalue weighted by molar-refractivity contribution is 4.82. The Labute approximate surface area is 108 Å². The minimum Gasteiger partial charge on any atom is -0.316 e. The highest BCUT2D eigenvalue weighted by atomic mass is 15.1. The molecule has 0 aromatic rings. The van der Waals surface area contributed by atoms with Gasteiger partial charge in [0.1, 0.15) is 0 Å². The zero-order valence-corrected chi connectivity index (χ0v) is 12.6. The first-order valence-corrected chi connectivity index (χ1v) is 7.37. The Kier molecular flexibility index (Phi) is 5.94. The molecule has 1 aliphatic rings. The van der Waals surface area contributed by atoms with Gasteiger partial charge in [-0.15, -0.1) is 0 Å². The fourth-order valence-corrected chi connectivity index (χ4v) is 2.60. The SMILES string of the molecule is CCCN(CCC(NC)C(C)(C)C)CC1CC1. The van der Waals surface area contributed by atoms with Crippen molar-refractivity contribution in [3.05, 3.63) is 0 Å². The second-order valence-electron chi connectivity index (χ2n) is 6.74. The maximum Gasteiger partial charge on any atom is 0.0125 e. The van der Waals surface area contributed by atoms with E-state index in [1.165, 1.54) is 45.3 Å². The molecule has 1 unspecified atom stereocenters. The van der Waals surface area contributed by atoms with Gasteiger partial charge in [-0.05, 0) is 57.2 Å². The van der Waals surface area contributed by atoms with Crippen molar-refractivity contribution in [1.82, 2.24) is 10.2 Å². The molecule has 102 valence electrons. The van der Waals surface area contributed by atoms with Crippen molar-refractivity contribution in [2.24, 2.45) is 11.3 Å². The Morgan fingerprint density at radius 2 is 1.88 bits per heavy atom. The standard InChI is InChI=1S/C15H32N2/c1-6-10-17(12-13-7-8-13)11-9-14(16-5)15(2,3)4/h13-14,16H,6-12H2,1-5H3. The Morgan fingerprint density at radius 1 is 1.24 bits per heavy atom. The molecule has 1 saturated carbocycles. The molecule has 2 nitrogen and oxygen atoms in total. The molecule has 1 aliphatic carbocycles. The van der Waals surface area contributed by atoms with Gasteiger partial charge >= 0.3 is 0 Å². The first kappa shape index (κ1) is 15.0. The van der Waals surface area contributed by atoms with Crippen LogP contribution in [0.15, 0.2) is 0 Å². The highest BCUT2D eigenvalue weighted by Crippen LogP contribution is 2.30. The van der Waals surface area contributed by atoms with Crippen LogP contribution in [0.4, 0.5) is 0 Å². The third-order valence-electron chi connectivity index (χ3n) is 3.88. The van der Waals surface area contributed by atoms with E-state index in [-0.39, 0.29) is 0 Å². The van der Waals surface area contributed by atoms with Crippen molar-refractivity contribution < 1.29 is 0 Å². The lowest BCUT2D eigenvalue weighted by Crippen LogP contribution is -2.41. The molecule has 1 fully saturated rings. The lowest BCUT2D eigenvalue weighted by Gasteiger charge is -2.32. The summed E-state index contributed by atoms with van der Waals surface area (Å²) in [6.07, 6.45) is 5.49. The smallest absolute Gasteiger partial charge is 0.0125 e. The summed E-state index contributed by atoms with van der Waals surface area (Å²) >= 11 is 0. The lowest BCUT2D eigenvalue weighted by molar-refractivity contribution is 0.205. The molecule has 0 bridgehead atoms. The average Bonchev–Trinajstić information content (AvgIpc) is 3.00. The zero-order valence-electron chi connectivity index (χ0n) is 12.6. The fraction of sp³-hybridized carbons (Fsp3) is 1.00. The van der Waals surface area contributed by atoms with Crippen LogP contribution >= 0.6 is 0 Å². The molecule has 1 N–H and O–H groups in total. The summed E-state index contributed by atoms with van der Waals surface area (Å²) < 4.78 is 0. The number of rotatable bonds is 8. The van der Waals surface area contributed by atoms with Crippen molar-refractivity contribution >= 4 is 0 Å². The molecule has 0 heterocycles. The summed E-state index contributed by atoms with van der Waals surface area (Å²) in [5, 5.41) is 3.48. The summed E-state index contributed by atoms with van der Waals surface area (Å²) in [6.45, 7) is 13.2. The van der Waals surface area contributed by atoms with Crippen LogP contribution in [0.3, 0.4) is 0 Å². The monoisotopic (exact) mass is 240 g/mol. The van der Waals surface area contributed by atoms with E-state index < -0.39 is 0 Å². The van der Waals surface area contributed by atoms with Crippen molar-refractivity contribution in [1.29, 1.82) is 0 Å². The molecule has 17 heavy (non-hydrogen) atoms. The molecule has 0 amide bonds. The predicted octanol–water partition coefficient (Wildman–Crippen LogP) is 3.13. The van der Waals surface area contributed by atoms with Gasteiger partial charge in [0, 0.05) is 12.6 Å². The van der Waals surface area contributed by atoms with Crippen LogP contribution in [0.1, 0.15) is 53.4 Å². The molecule has 0 aromatic heterocycles. The van der Waals surface area contributed by atoms with Crippen LogP contribution in [-0.4, -0.2) is 37.6 Å². The molecule has 0 spiro atoms. The first-order chi connectivity index (χ1) is 7.97. The summed E-state index contributed by atoms with van der Waals surface area (Å²) in [7, 11) is 2.10. The third kappa shape index (κ3) is 5.87. The third-order valence-corrected chi connectivity index (χ3v) is 3.88. The van der Waals surface area contributed by atoms with E-state index in [2.05, 4.69) is 45.0 Å². The van der Waals surface area contributed by atoms with Crippen LogP contribution in [0, 0.1) is 11.3 Å². The van der Waals surface area contributed by atoms with E-state index >= 15 is 0 Å². The summed E-state index contributed by atoms with van der Waals surface area (Å²) in [6, 6.07) is 0.626. The number of nitrogens with one attached hydrogen (secondary N) is 1. The van der Waals surface area contributed by atoms with Crippen molar-refractivity contribution in [2.45, 2.75) is 59.4 Å². The molecular weight excluding hydrogens is 208 g/mol. The molecule has 0 aromatic carbocycles. The zero-order chi connectivity index (χ0) is 12.9. The minimum atomic E-state index is 0.367. The van der Waals surface area contributed by atoms with Gasteiger partial charge in [-0.1, -0.05) is 27.7 Å². The van der Waals surface area contributed by atoms with Gasteiger partial charge in [-0.25, -0.2) is 0 Å². The van der Waals surface area contributed by atoms with Gasteiger partial charge in [0.15, 0.2) is 0 Å². The molecule has 1 rings (SSSR count). The molecule has 2 heteroatoms. The molecule has 0 radical (unpaired) electrons. The minimum absolute atomic E-state index is 0.367. The highest BCUT2D eigenvalue weighted by Gasteiger charge is 2.26. The summed E-state index contributed by atoms with van der Waals surface area (Å²) in [4.78, 5) is 2.67. The molecule has 1 atom stereocenters. The largest absolute Gasteiger partial charge is 0.316 e. The van der Waals surface area contributed by atoms with Crippen LogP contribution < -0.4 is 5.32 Å². The molecule has 0 saturated heterocycles. The number of hydrogen-bond donors (Lipinski definition) is 1. The van der Waals surface area contributed by atoms with E-state index in [1.807, 2.05) is 0 Å². The maximum absolute atomic E-state index is 3.48. The van der Waals surface area contributed by atoms with Crippen LogP contribution in [0.25, 0.3) is 0 Å². The van der Waals surface area contributed by atoms with E-state index in [0.717, 1.165) is 5.92 Å². The van der Waals surface area contributed by atoms with Gasteiger partial charge in [0.2, 0.25) is 0 Å². The van der Waals surface area contributed by atoms with Gasteiger partial charge in [0.25, 0.3) is 0 Å². The lowest BCUT2D eigenvalue weighted by atomic mass is 9.85. The normalized spacial score (nSPS) is 18.7.